The van der Waals surface area contributed by atoms with Gasteiger partial charge in [-0.3, -0.25) is 0 Å². The molecule has 1 aliphatic carbocycles. The van der Waals surface area contributed by atoms with Gasteiger partial charge in [0.15, 0.2) is 5.60 Å². The van der Waals surface area contributed by atoms with Gasteiger partial charge in [-0.1, -0.05) is 13.8 Å². The van der Waals surface area contributed by atoms with Gasteiger partial charge in [0.1, 0.15) is 0 Å². The summed E-state index contributed by atoms with van der Waals surface area (Å²) in [5.74, 6) is 0.529. The summed E-state index contributed by atoms with van der Waals surface area (Å²) < 4.78 is 4.88. The van der Waals surface area contributed by atoms with Crippen LogP contribution in [0.2, 0.25) is 0 Å². The van der Waals surface area contributed by atoms with Crippen LogP contribution in [0.1, 0.15) is 40.0 Å². The molecule has 1 N–H and O–H groups in total. The molecule has 14 heavy (non-hydrogen) atoms. The Hall–Kier alpha value is -0.570. The van der Waals surface area contributed by atoms with E-state index in [1.54, 1.807) is 6.92 Å². The molecule has 1 saturated carbocycles. The van der Waals surface area contributed by atoms with Crippen LogP contribution in [0.4, 0.5) is 0 Å². The first-order valence-electron chi connectivity index (χ1n) is 5.39. The molecule has 0 aromatic carbocycles. The van der Waals surface area contributed by atoms with Gasteiger partial charge in [0.25, 0.3) is 0 Å². The Balaban J connectivity index is 2.62. The van der Waals surface area contributed by atoms with Crippen molar-refractivity contribution in [3.63, 3.8) is 0 Å². The lowest BCUT2D eigenvalue weighted by molar-refractivity contribution is -0.171. The van der Waals surface area contributed by atoms with Crippen LogP contribution in [0.3, 0.4) is 0 Å². The Morgan fingerprint density at radius 2 is 2.14 bits per heavy atom. The number of hydrogen-bond acceptors (Lipinski definition) is 3. The average Bonchev–Trinajstić information content (AvgIpc) is 2.13. The molecule has 0 saturated heterocycles. The molecule has 0 bridgehead atoms. The molecule has 0 aliphatic heterocycles. The van der Waals surface area contributed by atoms with Gasteiger partial charge in [0, 0.05) is 0 Å². The minimum atomic E-state index is -1.22. The third kappa shape index (κ3) is 2.27. The topological polar surface area (TPSA) is 46.5 Å². The maximum atomic E-state index is 11.5. The maximum Gasteiger partial charge on any atom is 0.338 e. The predicted octanol–water partition coefficient (Wildman–Crippen LogP) is 1.74. The molecule has 0 radical (unpaired) electrons. The summed E-state index contributed by atoms with van der Waals surface area (Å²) in [7, 11) is 0. The standard InChI is InChI=1S/C11H20O3/c1-4-14-10(12)11(13)6-5-8(2)9(3)7-11/h8-9,13H,4-7H2,1-3H3. The highest BCUT2D eigenvalue weighted by molar-refractivity contribution is 5.79. The van der Waals surface area contributed by atoms with E-state index in [1.165, 1.54) is 0 Å². The predicted molar refractivity (Wildman–Crippen MR) is 53.8 cm³/mol. The zero-order valence-corrected chi connectivity index (χ0v) is 9.25. The van der Waals surface area contributed by atoms with Crippen molar-refractivity contribution in [1.29, 1.82) is 0 Å². The van der Waals surface area contributed by atoms with Crippen LogP contribution >= 0.6 is 0 Å². The second kappa shape index (κ2) is 4.30. The van der Waals surface area contributed by atoms with Crippen molar-refractivity contribution >= 4 is 5.97 Å². The molecule has 82 valence electrons. The van der Waals surface area contributed by atoms with E-state index in [4.69, 9.17) is 4.74 Å². The van der Waals surface area contributed by atoms with Crippen LogP contribution in [0.25, 0.3) is 0 Å². The largest absolute Gasteiger partial charge is 0.464 e. The maximum absolute atomic E-state index is 11.5. The van der Waals surface area contributed by atoms with Crippen LogP contribution < -0.4 is 0 Å². The highest BCUT2D eigenvalue weighted by Crippen LogP contribution is 2.36. The smallest absolute Gasteiger partial charge is 0.338 e. The van der Waals surface area contributed by atoms with Crippen LogP contribution in [-0.4, -0.2) is 23.3 Å². The van der Waals surface area contributed by atoms with E-state index in [9.17, 15) is 9.90 Å². The molecule has 0 heterocycles. The monoisotopic (exact) mass is 200 g/mol. The molecule has 0 spiro atoms. The van der Waals surface area contributed by atoms with Gasteiger partial charge in [-0.25, -0.2) is 4.79 Å². The molecule has 0 aromatic rings. The lowest BCUT2D eigenvalue weighted by Crippen LogP contribution is -2.45. The Labute approximate surface area is 85.5 Å². The fraction of sp³-hybridized carbons (Fsp3) is 0.909. The number of aliphatic hydroxyl groups is 1. The fourth-order valence-corrected chi connectivity index (χ4v) is 2.04. The third-order valence-electron chi connectivity index (χ3n) is 3.30. The number of carbonyl (C=O) groups is 1. The molecule has 3 nitrogen and oxygen atoms in total. The minimum Gasteiger partial charge on any atom is -0.464 e. The highest BCUT2D eigenvalue weighted by Gasteiger charge is 2.43. The zero-order chi connectivity index (χ0) is 10.8. The van der Waals surface area contributed by atoms with Gasteiger partial charge in [-0.2, -0.15) is 0 Å². The van der Waals surface area contributed by atoms with Crippen LogP contribution in [-0.2, 0) is 9.53 Å². The molecule has 0 aromatic heterocycles. The molecule has 3 atom stereocenters. The normalized spacial score (nSPS) is 38.0. The first kappa shape index (κ1) is 11.5. The van der Waals surface area contributed by atoms with Crippen LogP contribution in [0.5, 0.6) is 0 Å². The average molecular weight is 200 g/mol. The first-order chi connectivity index (χ1) is 6.49. The van der Waals surface area contributed by atoms with E-state index in [2.05, 4.69) is 13.8 Å². The van der Waals surface area contributed by atoms with E-state index < -0.39 is 11.6 Å². The number of esters is 1. The van der Waals surface area contributed by atoms with Gasteiger partial charge >= 0.3 is 5.97 Å². The molecular weight excluding hydrogens is 180 g/mol. The van der Waals surface area contributed by atoms with Crippen molar-refractivity contribution in [2.45, 2.75) is 45.6 Å². The van der Waals surface area contributed by atoms with E-state index in [0.29, 0.717) is 31.3 Å². The number of rotatable bonds is 2. The lowest BCUT2D eigenvalue weighted by atomic mass is 9.73. The van der Waals surface area contributed by atoms with E-state index >= 15 is 0 Å². The molecule has 0 amide bonds. The molecule has 3 heteroatoms. The Kier molecular flexibility index (Phi) is 3.53. The summed E-state index contributed by atoms with van der Waals surface area (Å²) in [6.45, 7) is 6.34. The highest BCUT2D eigenvalue weighted by atomic mass is 16.5. The Morgan fingerprint density at radius 3 is 2.64 bits per heavy atom. The van der Waals surface area contributed by atoms with Crippen molar-refractivity contribution in [3.05, 3.63) is 0 Å². The summed E-state index contributed by atoms with van der Waals surface area (Å²) in [5.41, 5.74) is -1.22. The van der Waals surface area contributed by atoms with Crippen molar-refractivity contribution in [3.8, 4) is 0 Å². The SMILES string of the molecule is CCOC(=O)C1(O)CCC(C)C(C)C1. The first-order valence-corrected chi connectivity index (χ1v) is 5.39. The van der Waals surface area contributed by atoms with Crippen molar-refractivity contribution in [1.82, 2.24) is 0 Å². The summed E-state index contributed by atoms with van der Waals surface area (Å²) >= 11 is 0. The summed E-state index contributed by atoms with van der Waals surface area (Å²) in [6.07, 6.45) is 1.97. The summed E-state index contributed by atoms with van der Waals surface area (Å²) in [6, 6.07) is 0. The molecular formula is C11H20O3. The van der Waals surface area contributed by atoms with E-state index in [-0.39, 0.29) is 0 Å². The van der Waals surface area contributed by atoms with Gasteiger partial charge < -0.3 is 9.84 Å². The van der Waals surface area contributed by atoms with Gasteiger partial charge in [0.05, 0.1) is 6.61 Å². The van der Waals surface area contributed by atoms with E-state index in [0.717, 1.165) is 6.42 Å². The quantitative estimate of drug-likeness (QED) is 0.691. The molecule has 1 fully saturated rings. The number of hydrogen-bond donors (Lipinski definition) is 1. The third-order valence-corrected chi connectivity index (χ3v) is 3.30. The molecule has 3 unspecified atom stereocenters. The van der Waals surface area contributed by atoms with Crippen molar-refractivity contribution in [2.24, 2.45) is 11.8 Å². The molecule has 1 aliphatic rings. The minimum absolute atomic E-state index is 0.338. The van der Waals surface area contributed by atoms with E-state index in [1.807, 2.05) is 0 Å². The Morgan fingerprint density at radius 1 is 1.50 bits per heavy atom. The van der Waals surface area contributed by atoms with Crippen LogP contribution in [0.15, 0.2) is 0 Å². The second-order valence-corrected chi connectivity index (χ2v) is 4.45. The van der Waals surface area contributed by atoms with Gasteiger partial charge in [-0.05, 0) is 38.0 Å². The fourth-order valence-electron chi connectivity index (χ4n) is 2.04. The van der Waals surface area contributed by atoms with Gasteiger partial charge in [0.2, 0.25) is 0 Å². The van der Waals surface area contributed by atoms with Crippen molar-refractivity contribution in [2.75, 3.05) is 6.61 Å². The number of ether oxygens (including phenoxy) is 1. The lowest BCUT2D eigenvalue weighted by Gasteiger charge is -2.36. The second-order valence-electron chi connectivity index (χ2n) is 4.45. The van der Waals surface area contributed by atoms with Crippen molar-refractivity contribution < 1.29 is 14.6 Å². The Bertz CT molecular complexity index is 215. The molecule has 1 rings (SSSR count). The van der Waals surface area contributed by atoms with Crippen LogP contribution in [0, 0.1) is 11.8 Å². The summed E-state index contributed by atoms with van der Waals surface area (Å²) in [5, 5.41) is 10.1. The van der Waals surface area contributed by atoms with Gasteiger partial charge in [-0.15, -0.1) is 0 Å². The zero-order valence-electron chi connectivity index (χ0n) is 9.25. The summed E-state index contributed by atoms with van der Waals surface area (Å²) in [4.78, 5) is 11.5. The number of carbonyl (C=O) groups excluding carboxylic acids is 1.